The third-order valence-corrected chi connectivity index (χ3v) is 2.92. The van der Waals surface area contributed by atoms with E-state index >= 15 is 0 Å². The second-order valence-electron chi connectivity index (χ2n) is 4.35. The lowest BCUT2D eigenvalue weighted by molar-refractivity contribution is -0.390. The van der Waals surface area contributed by atoms with Gasteiger partial charge in [0.2, 0.25) is 5.75 Å². The highest BCUT2D eigenvalue weighted by Gasteiger charge is 2.16. The van der Waals surface area contributed by atoms with Crippen LogP contribution in [0.15, 0.2) is 36.5 Å². The van der Waals surface area contributed by atoms with Crippen LogP contribution in [0.4, 0.5) is 5.82 Å². The largest absolute Gasteiger partial charge is 0.486 e. The molecule has 1 aliphatic rings. The third kappa shape index (κ3) is 2.86. The fraction of sp³-hybridized carbons (Fsp3) is 0.214. The maximum atomic E-state index is 10.9. The molecule has 0 aliphatic carbocycles. The zero-order chi connectivity index (χ0) is 14.7. The van der Waals surface area contributed by atoms with Crippen LogP contribution in [0.3, 0.4) is 0 Å². The van der Waals surface area contributed by atoms with E-state index in [1.54, 1.807) is 18.2 Å². The highest BCUT2D eigenvalue weighted by atomic mass is 16.6. The first kappa shape index (κ1) is 13.2. The third-order valence-electron chi connectivity index (χ3n) is 2.92. The molecule has 7 heteroatoms. The molecule has 1 aromatic heterocycles. The molecular formula is C14H12N2O5. The van der Waals surface area contributed by atoms with Crippen molar-refractivity contribution in [2.24, 2.45) is 0 Å². The number of ether oxygens (including phenoxy) is 3. The summed E-state index contributed by atoms with van der Waals surface area (Å²) in [4.78, 5) is 14.0. The fourth-order valence-electron chi connectivity index (χ4n) is 1.97. The van der Waals surface area contributed by atoms with Gasteiger partial charge in [0.15, 0.2) is 11.5 Å². The summed E-state index contributed by atoms with van der Waals surface area (Å²) in [7, 11) is 0. The maximum absolute atomic E-state index is 10.9. The molecule has 0 bridgehead atoms. The molecule has 1 aliphatic heterocycles. The minimum atomic E-state index is -0.570. The Labute approximate surface area is 120 Å². The first-order valence-corrected chi connectivity index (χ1v) is 6.35. The number of benzene rings is 1. The van der Waals surface area contributed by atoms with E-state index in [1.807, 2.05) is 6.07 Å². The van der Waals surface area contributed by atoms with E-state index in [1.165, 1.54) is 12.3 Å². The highest BCUT2D eigenvalue weighted by Crippen LogP contribution is 2.31. The second-order valence-corrected chi connectivity index (χ2v) is 4.35. The summed E-state index contributed by atoms with van der Waals surface area (Å²) in [5.41, 5.74) is 0.831. The monoisotopic (exact) mass is 288 g/mol. The maximum Gasteiger partial charge on any atom is 0.406 e. The summed E-state index contributed by atoms with van der Waals surface area (Å²) in [6, 6.07) is 8.53. The summed E-state index contributed by atoms with van der Waals surface area (Å²) in [6.07, 6.45) is 1.36. The Morgan fingerprint density at radius 2 is 2.05 bits per heavy atom. The van der Waals surface area contributed by atoms with Crippen molar-refractivity contribution in [3.05, 3.63) is 52.2 Å². The predicted molar refractivity (Wildman–Crippen MR) is 72.7 cm³/mol. The molecule has 2 heterocycles. The Morgan fingerprint density at radius 3 is 2.86 bits per heavy atom. The van der Waals surface area contributed by atoms with E-state index in [0.717, 1.165) is 5.56 Å². The highest BCUT2D eigenvalue weighted by molar-refractivity contribution is 5.44. The summed E-state index contributed by atoms with van der Waals surface area (Å²) in [5, 5.41) is 10.9. The first-order chi connectivity index (χ1) is 10.2. The summed E-state index contributed by atoms with van der Waals surface area (Å²) >= 11 is 0. The van der Waals surface area contributed by atoms with Gasteiger partial charge in [-0.05, 0) is 39.7 Å². The zero-order valence-corrected chi connectivity index (χ0v) is 11.0. The molecule has 108 valence electrons. The van der Waals surface area contributed by atoms with Gasteiger partial charge in [0.1, 0.15) is 26.0 Å². The molecule has 0 amide bonds. The van der Waals surface area contributed by atoms with Gasteiger partial charge in [0.25, 0.3) is 0 Å². The standard InChI is InChI=1S/C14H12N2O5/c17-16(18)14-12(2-1-5-15-14)21-9-10-3-4-11-13(8-10)20-7-6-19-11/h1-5,8H,6-7,9H2. The summed E-state index contributed by atoms with van der Waals surface area (Å²) < 4.78 is 16.4. The van der Waals surface area contributed by atoms with Crippen molar-refractivity contribution in [1.82, 2.24) is 4.98 Å². The van der Waals surface area contributed by atoms with Crippen molar-refractivity contribution in [3.63, 3.8) is 0 Å². The van der Waals surface area contributed by atoms with E-state index in [9.17, 15) is 10.1 Å². The van der Waals surface area contributed by atoms with E-state index in [0.29, 0.717) is 24.7 Å². The SMILES string of the molecule is O=[N+]([O-])c1ncccc1OCc1ccc2c(c1)OCCO2. The Balaban J connectivity index is 1.75. The smallest absolute Gasteiger partial charge is 0.406 e. The normalized spacial score (nSPS) is 12.8. The van der Waals surface area contributed by atoms with Gasteiger partial charge in [-0.2, -0.15) is 0 Å². The van der Waals surface area contributed by atoms with Crippen LogP contribution in [0.1, 0.15) is 5.56 Å². The average molecular weight is 288 g/mol. The quantitative estimate of drug-likeness (QED) is 0.634. The summed E-state index contributed by atoms with van der Waals surface area (Å²) in [6.45, 7) is 1.22. The van der Waals surface area contributed by atoms with Gasteiger partial charge in [-0.1, -0.05) is 6.07 Å². The van der Waals surface area contributed by atoms with Crippen LogP contribution in [-0.2, 0) is 6.61 Å². The molecule has 7 nitrogen and oxygen atoms in total. The first-order valence-electron chi connectivity index (χ1n) is 6.35. The number of fused-ring (bicyclic) bond motifs is 1. The molecule has 0 saturated carbocycles. The van der Waals surface area contributed by atoms with Crippen molar-refractivity contribution in [1.29, 1.82) is 0 Å². The molecule has 2 aromatic rings. The van der Waals surface area contributed by atoms with E-state index in [4.69, 9.17) is 14.2 Å². The van der Waals surface area contributed by atoms with Gasteiger partial charge in [0, 0.05) is 0 Å². The summed E-state index contributed by atoms with van der Waals surface area (Å²) in [5.74, 6) is 1.19. The lowest BCUT2D eigenvalue weighted by atomic mass is 10.2. The van der Waals surface area contributed by atoms with Crippen molar-refractivity contribution in [3.8, 4) is 17.2 Å². The van der Waals surface area contributed by atoms with Crippen molar-refractivity contribution >= 4 is 5.82 Å². The van der Waals surface area contributed by atoms with Gasteiger partial charge >= 0.3 is 5.82 Å². The van der Waals surface area contributed by atoms with E-state index < -0.39 is 4.92 Å². The topological polar surface area (TPSA) is 83.7 Å². The number of nitrogens with zero attached hydrogens (tertiary/aromatic N) is 2. The molecule has 0 saturated heterocycles. The van der Waals surface area contributed by atoms with Gasteiger partial charge < -0.3 is 24.3 Å². The molecule has 0 unspecified atom stereocenters. The van der Waals surface area contributed by atoms with Crippen molar-refractivity contribution < 1.29 is 19.1 Å². The van der Waals surface area contributed by atoms with Crippen LogP contribution in [0, 0.1) is 10.1 Å². The lowest BCUT2D eigenvalue weighted by Gasteiger charge is -2.18. The Morgan fingerprint density at radius 1 is 1.24 bits per heavy atom. The van der Waals surface area contributed by atoms with Crippen LogP contribution >= 0.6 is 0 Å². The van der Waals surface area contributed by atoms with Crippen LogP contribution in [-0.4, -0.2) is 23.1 Å². The van der Waals surface area contributed by atoms with Crippen LogP contribution < -0.4 is 14.2 Å². The number of aromatic nitrogens is 1. The molecule has 1 aromatic carbocycles. The second kappa shape index (κ2) is 5.66. The fourth-order valence-corrected chi connectivity index (χ4v) is 1.97. The van der Waals surface area contributed by atoms with E-state index in [-0.39, 0.29) is 18.2 Å². The molecule has 0 spiro atoms. The lowest BCUT2D eigenvalue weighted by Crippen LogP contribution is -2.15. The molecule has 0 fully saturated rings. The van der Waals surface area contributed by atoms with Crippen LogP contribution in [0.2, 0.25) is 0 Å². The van der Waals surface area contributed by atoms with Crippen molar-refractivity contribution in [2.75, 3.05) is 13.2 Å². The van der Waals surface area contributed by atoms with Crippen molar-refractivity contribution in [2.45, 2.75) is 6.61 Å². The minimum Gasteiger partial charge on any atom is -0.486 e. The van der Waals surface area contributed by atoms with Gasteiger partial charge in [0.05, 0.1) is 0 Å². The average Bonchev–Trinajstić information content (AvgIpc) is 2.53. The van der Waals surface area contributed by atoms with Crippen LogP contribution in [0.25, 0.3) is 0 Å². The van der Waals surface area contributed by atoms with E-state index in [2.05, 4.69) is 4.98 Å². The number of nitro groups is 1. The number of hydrogen-bond donors (Lipinski definition) is 0. The van der Waals surface area contributed by atoms with Gasteiger partial charge in [-0.15, -0.1) is 0 Å². The number of pyridine rings is 1. The molecule has 0 radical (unpaired) electrons. The Bertz CT molecular complexity index is 674. The number of rotatable bonds is 4. The Kier molecular flexibility index (Phi) is 3.55. The van der Waals surface area contributed by atoms with Gasteiger partial charge in [-0.3, -0.25) is 0 Å². The predicted octanol–water partition coefficient (Wildman–Crippen LogP) is 2.34. The molecule has 3 rings (SSSR count). The van der Waals surface area contributed by atoms with Gasteiger partial charge in [-0.25, -0.2) is 0 Å². The van der Waals surface area contributed by atoms with Crippen LogP contribution in [0.5, 0.6) is 17.2 Å². The zero-order valence-electron chi connectivity index (χ0n) is 11.0. The Hall–Kier alpha value is -2.83. The minimum absolute atomic E-state index is 0.136. The molecule has 0 N–H and O–H groups in total. The number of hydrogen-bond acceptors (Lipinski definition) is 6. The molecular weight excluding hydrogens is 276 g/mol. The molecule has 21 heavy (non-hydrogen) atoms. The molecule has 0 atom stereocenters.